The molecule has 33 heavy (non-hydrogen) atoms. The Labute approximate surface area is 203 Å². The quantitative estimate of drug-likeness (QED) is 0.490. The molecule has 2 aliphatic rings. The maximum atomic E-state index is 12.9. The Bertz CT molecular complexity index is 870. The van der Waals surface area contributed by atoms with E-state index >= 15 is 0 Å². The van der Waals surface area contributed by atoms with E-state index in [2.05, 4.69) is 20.8 Å². The molecule has 0 radical (unpaired) electrons. The van der Waals surface area contributed by atoms with Gasteiger partial charge in [0.25, 0.3) is 0 Å². The molecule has 1 aromatic heterocycles. The lowest BCUT2D eigenvalue weighted by atomic mass is 9.71. The molecule has 0 bridgehead atoms. The van der Waals surface area contributed by atoms with E-state index in [9.17, 15) is 14.7 Å². The number of carbonyl (C=O) groups is 1. The lowest BCUT2D eigenvalue weighted by molar-refractivity contribution is -0.134. The molecule has 0 saturated heterocycles. The summed E-state index contributed by atoms with van der Waals surface area (Å²) in [6.07, 6.45) is 8.13. The van der Waals surface area contributed by atoms with E-state index in [1.54, 1.807) is 6.07 Å². The summed E-state index contributed by atoms with van der Waals surface area (Å²) in [7, 11) is 0. The third-order valence-electron chi connectivity index (χ3n) is 7.32. The molecule has 1 N–H and O–H groups in total. The van der Waals surface area contributed by atoms with Crippen molar-refractivity contribution in [3.05, 3.63) is 22.2 Å². The standard InChI is InChI=1S/C27H42O5S/c1-26(2,3)19-14-18(31-16-23(29)27(4,5)6)12-13-22(19)33-24-20(28)15-21(32-25(24)30)17-10-8-7-9-11-17/h15,17-19,22,28H,7-14,16H2,1-6H3. The largest absolute Gasteiger partial charge is 0.506 e. The Balaban J connectivity index is 1.71. The molecule has 0 aromatic carbocycles. The van der Waals surface area contributed by atoms with Crippen molar-refractivity contribution in [3.63, 3.8) is 0 Å². The van der Waals surface area contributed by atoms with Crippen molar-refractivity contribution >= 4 is 17.5 Å². The van der Waals surface area contributed by atoms with E-state index < -0.39 is 11.0 Å². The fourth-order valence-corrected chi connectivity index (χ4v) is 6.61. The Morgan fingerprint density at radius 1 is 1.09 bits per heavy atom. The predicted octanol–water partition coefficient (Wildman–Crippen LogP) is 6.70. The molecule has 2 saturated carbocycles. The average molecular weight is 479 g/mol. The van der Waals surface area contributed by atoms with Crippen LogP contribution in [0, 0.1) is 16.7 Å². The first-order valence-electron chi connectivity index (χ1n) is 12.5. The second-order valence-electron chi connectivity index (χ2n) is 12.0. The number of carbonyl (C=O) groups excluding carboxylic acids is 1. The van der Waals surface area contributed by atoms with Crippen molar-refractivity contribution < 1.29 is 19.1 Å². The third kappa shape index (κ3) is 6.88. The average Bonchev–Trinajstić information content (AvgIpc) is 2.74. The van der Waals surface area contributed by atoms with Gasteiger partial charge < -0.3 is 14.3 Å². The number of hydrogen-bond donors (Lipinski definition) is 1. The van der Waals surface area contributed by atoms with Gasteiger partial charge in [-0.25, -0.2) is 4.79 Å². The summed E-state index contributed by atoms with van der Waals surface area (Å²) in [4.78, 5) is 25.5. The van der Waals surface area contributed by atoms with Crippen molar-refractivity contribution in [3.8, 4) is 5.75 Å². The van der Waals surface area contributed by atoms with Crippen LogP contribution in [0.5, 0.6) is 5.75 Å². The van der Waals surface area contributed by atoms with E-state index in [4.69, 9.17) is 9.15 Å². The van der Waals surface area contributed by atoms with Gasteiger partial charge >= 0.3 is 5.63 Å². The fraction of sp³-hybridized carbons (Fsp3) is 0.778. The first-order chi connectivity index (χ1) is 15.4. The number of ether oxygens (including phenoxy) is 1. The molecule has 1 aromatic rings. The molecule has 3 rings (SSSR count). The van der Waals surface area contributed by atoms with E-state index in [1.165, 1.54) is 18.2 Å². The van der Waals surface area contributed by atoms with Gasteiger partial charge in [-0.1, -0.05) is 60.8 Å². The minimum absolute atomic E-state index is 0.00554. The molecule has 2 aliphatic carbocycles. The molecular weight excluding hydrogens is 436 g/mol. The molecule has 0 aliphatic heterocycles. The second-order valence-corrected chi connectivity index (χ2v) is 13.3. The topological polar surface area (TPSA) is 76.7 Å². The SMILES string of the molecule is CC(C)(C)C(=O)COC1CCC(Sc2c(O)cc(C3CCCCC3)oc2=O)C(C(C)(C)C)C1. The number of thioether (sulfide) groups is 1. The van der Waals surface area contributed by atoms with Crippen molar-refractivity contribution in [2.75, 3.05) is 6.61 Å². The van der Waals surface area contributed by atoms with Crippen LogP contribution in [0.4, 0.5) is 0 Å². The van der Waals surface area contributed by atoms with Gasteiger partial charge in [-0.2, -0.15) is 0 Å². The fourth-order valence-electron chi connectivity index (χ4n) is 5.05. The summed E-state index contributed by atoms with van der Waals surface area (Å²) in [5.41, 5.74) is -0.806. The minimum Gasteiger partial charge on any atom is -0.506 e. The molecule has 3 unspecified atom stereocenters. The Morgan fingerprint density at radius 2 is 1.76 bits per heavy atom. The first-order valence-corrected chi connectivity index (χ1v) is 13.4. The molecule has 5 nitrogen and oxygen atoms in total. The molecule has 2 fully saturated rings. The van der Waals surface area contributed by atoms with Crippen LogP contribution in [0.2, 0.25) is 0 Å². The number of aromatic hydroxyl groups is 1. The van der Waals surface area contributed by atoms with Crippen LogP contribution in [-0.4, -0.2) is 28.9 Å². The number of Topliss-reactive ketones (excluding diaryl/α,β-unsaturated/α-hetero) is 1. The lowest BCUT2D eigenvalue weighted by Crippen LogP contribution is -2.40. The molecule has 0 amide bonds. The van der Waals surface area contributed by atoms with Gasteiger partial charge in [0.15, 0.2) is 5.78 Å². The van der Waals surface area contributed by atoms with Crippen LogP contribution >= 0.6 is 11.8 Å². The van der Waals surface area contributed by atoms with Gasteiger partial charge in [0.1, 0.15) is 23.0 Å². The van der Waals surface area contributed by atoms with Gasteiger partial charge in [0.2, 0.25) is 0 Å². The highest BCUT2D eigenvalue weighted by molar-refractivity contribution is 8.00. The van der Waals surface area contributed by atoms with E-state index in [-0.39, 0.29) is 46.7 Å². The van der Waals surface area contributed by atoms with Crippen molar-refractivity contribution in [2.24, 2.45) is 16.7 Å². The van der Waals surface area contributed by atoms with Gasteiger partial charge in [0, 0.05) is 22.6 Å². The Hall–Kier alpha value is -1.27. The zero-order valence-electron chi connectivity index (χ0n) is 21.2. The summed E-state index contributed by atoms with van der Waals surface area (Å²) in [6.45, 7) is 12.5. The highest BCUT2D eigenvalue weighted by atomic mass is 32.2. The number of hydrogen-bond acceptors (Lipinski definition) is 6. The van der Waals surface area contributed by atoms with Crippen LogP contribution in [0.1, 0.15) is 105 Å². The highest BCUT2D eigenvalue weighted by Crippen LogP contribution is 2.47. The third-order valence-corrected chi connectivity index (χ3v) is 8.80. The minimum atomic E-state index is -0.414. The van der Waals surface area contributed by atoms with Crippen molar-refractivity contribution in [1.82, 2.24) is 0 Å². The summed E-state index contributed by atoms with van der Waals surface area (Å²) >= 11 is 1.46. The van der Waals surface area contributed by atoms with Gasteiger partial charge in [0.05, 0.1) is 6.10 Å². The van der Waals surface area contributed by atoms with E-state index in [0.717, 1.165) is 44.9 Å². The van der Waals surface area contributed by atoms with Gasteiger partial charge in [-0.05, 0) is 43.4 Å². The summed E-state index contributed by atoms with van der Waals surface area (Å²) in [6, 6.07) is 1.68. The molecule has 186 valence electrons. The van der Waals surface area contributed by atoms with Crippen LogP contribution in [0.15, 0.2) is 20.2 Å². The maximum Gasteiger partial charge on any atom is 0.353 e. The Kier molecular flexibility index (Phi) is 8.42. The Morgan fingerprint density at radius 3 is 2.33 bits per heavy atom. The van der Waals surface area contributed by atoms with Crippen LogP contribution in [0.25, 0.3) is 0 Å². The monoisotopic (exact) mass is 478 g/mol. The number of ketones is 1. The van der Waals surface area contributed by atoms with E-state index in [1.807, 2.05) is 20.8 Å². The second kappa shape index (κ2) is 10.6. The summed E-state index contributed by atoms with van der Waals surface area (Å²) in [5, 5.41) is 10.9. The van der Waals surface area contributed by atoms with Gasteiger partial charge in [-0.15, -0.1) is 11.8 Å². The predicted molar refractivity (Wildman–Crippen MR) is 133 cm³/mol. The maximum absolute atomic E-state index is 12.9. The molecule has 1 heterocycles. The zero-order chi connectivity index (χ0) is 24.4. The summed E-state index contributed by atoms with van der Waals surface area (Å²) < 4.78 is 11.7. The normalized spacial score (nSPS) is 25.2. The summed E-state index contributed by atoms with van der Waals surface area (Å²) in [5.74, 6) is 1.32. The van der Waals surface area contributed by atoms with Crippen LogP contribution in [-0.2, 0) is 9.53 Å². The molecular formula is C27H42O5S. The van der Waals surface area contributed by atoms with E-state index in [0.29, 0.717) is 10.7 Å². The van der Waals surface area contributed by atoms with Crippen molar-refractivity contribution in [1.29, 1.82) is 0 Å². The van der Waals surface area contributed by atoms with Crippen LogP contribution in [0.3, 0.4) is 0 Å². The zero-order valence-corrected chi connectivity index (χ0v) is 22.1. The molecule has 0 spiro atoms. The van der Waals surface area contributed by atoms with Crippen LogP contribution < -0.4 is 5.63 Å². The first kappa shape index (κ1) is 26.3. The number of rotatable bonds is 6. The molecule has 6 heteroatoms. The van der Waals surface area contributed by atoms with Gasteiger partial charge in [-0.3, -0.25) is 4.79 Å². The van der Waals surface area contributed by atoms with Crippen molar-refractivity contribution in [2.45, 2.75) is 115 Å². The highest BCUT2D eigenvalue weighted by Gasteiger charge is 2.40. The smallest absolute Gasteiger partial charge is 0.353 e. The lowest BCUT2D eigenvalue weighted by Gasteiger charge is -2.43. The molecule has 3 atom stereocenters.